The molecule has 1 aromatic carbocycles. The number of hydrogen-bond donors (Lipinski definition) is 2. The molecule has 0 saturated carbocycles. The SMILES string of the molecule is CC(=O)NCCCCCC(=O)NCCCc1nc2ccccc2s1. The molecule has 0 unspecified atom stereocenters. The zero-order valence-corrected chi connectivity index (χ0v) is 15.0. The molecular weight excluding hydrogens is 322 g/mol. The summed E-state index contributed by atoms with van der Waals surface area (Å²) in [7, 11) is 0. The van der Waals surface area contributed by atoms with E-state index >= 15 is 0 Å². The molecule has 130 valence electrons. The van der Waals surface area contributed by atoms with Crippen molar-refractivity contribution in [3.8, 4) is 0 Å². The van der Waals surface area contributed by atoms with Crippen LogP contribution in [0.15, 0.2) is 24.3 Å². The molecule has 0 saturated heterocycles. The quantitative estimate of drug-likeness (QED) is 0.649. The number of unbranched alkanes of at least 4 members (excludes halogenated alkanes) is 2. The van der Waals surface area contributed by atoms with E-state index in [1.54, 1.807) is 11.3 Å². The fourth-order valence-corrected chi connectivity index (χ4v) is 3.44. The van der Waals surface area contributed by atoms with Gasteiger partial charge in [0, 0.05) is 32.9 Å². The summed E-state index contributed by atoms with van der Waals surface area (Å²) in [6, 6.07) is 8.15. The lowest BCUT2D eigenvalue weighted by Gasteiger charge is -2.05. The largest absolute Gasteiger partial charge is 0.356 e. The summed E-state index contributed by atoms with van der Waals surface area (Å²) in [5.41, 5.74) is 1.06. The fraction of sp³-hybridized carbons (Fsp3) is 0.500. The molecule has 0 aliphatic rings. The first-order chi connectivity index (χ1) is 11.6. The van der Waals surface area contributed by atoms with Crippen LogP contribution in [0, 0.1) is 0 Å². The van der Waals surface area contributed by atoms with Gasteiger partial charge in [-0.2, -0.15) is 0 Å². The molecule has 0 aliphatic heterocycles. The summed E-state index contributed by atoms with van der Waals surface area (Å²) < 4.78 is 1.22. The maximum Gasteiger partial charge on any atom is 0.219 e. The lowest BCUT2D eigenvalue weighted by molar-refractivity contribution is -0.121. The average molecular weight is 347 g/mol. The van der Waals surface area contributed by atoms with Crippen LogP contribution in [-0.2, 0) is 16.0 Å². The van der Waals surface area contributed by atoms with Gasteiger partial charge in [-0.1, -0.05) is 18.6 Å². The summed E-state index contributed by atoms with van der Waals surface area (Å²) in [6.07, 6.45) is 5.11. The number of nitrogens with one attached hydrogen (secondary N) is 2. The van der Waals surface area contributed by atoms with Gasteiger partial charge in [0.1, 0.15) is 0 Å². The van der Waals surface area contributed by atoms with Crippen LogP contribution in [0.25, 0.3) is 10.2 Å². The monoisotopic (exact) mass is 347 g/mol. The van der Waals surface area contributed by atoms with Crippen LogP contribution >= 0.6 is 11.3 Å². The molecule has 2 aromatic rings. The van der Waals surface area contributed by atoms with Gasteiger partial charge in [0.05, 0.1) is 15.2 Å². The van der Waals surface area contributed by atoms with E-state index in [0.29, 0.717) is 19.5 Å². The van der Waals surface area contributed by atoms with E-state index in [9.17, 15) is 9.59 Å². The molecule has 6 heteroatoms. The van der Waals surface area contributed by atoms with Gasteiger partial charge in [-0.15, -0.1) is 11.3 Å². The van der Waals surface area contributed by atoms with Crippen molar-refractivity contribution in [1.82, 2.24) is 15.6 Å². The van der Waals surface area contributed by atoms with Gasteiger partial charge in [-0.05, 0) is 31.4 Å². The Kier molecular flexibility index (Phi) is 7.68. The molecule has 5 nitrogen and oxygen atoms in total. The van der Waals surface area contributed by atoms with E-state index < -0.39 is 0 Å². The normalized spacial score (nSPS) is 10.7. The van der Waals surface area contributed by atoms with Gasteiger partial charge in [0.15, 0.2) is 0 Å². The van der Waals surface area contributed by atoms with Crippen LogP contribution in [0.2, 0.25) is 0 Å². The Balaban J connectivity index is 1.52. The highest BCUT2D eigenvalue weighted by Gasteiger charge is 2.04. The third-order valence-corrected chi connectivity index (χ3v) is 4.78. The second-order valence-electron chi connectivity index (χ2n) is 5.82. The van der Waals surface area contributed by atoms with Crippen molar-refractivity contribution in [3.63, 3.8) is 0 Å². The molecule has 0 atom stereocenters. The van der Waals surface area contributed by atoms with Crippen LogP contribution in [0.5, 0.6) is 0 Å². The Morgan fingerprint density at radius 1 is 1.04 bits per heavy atom. The number of nitrogens with zero attached hydrogens (tertiary/aromatic N) is 1. The van der Waals surface area contributed by atoms with E-state index in [2.05, 4.69) is 21.7 Å². The van der Waals surface area contributed by atoms with Crippen molar-refractivity contribution in [2.45, 2.75) is 45.4 Å². The van der Waals surface area contributed by atoms with Gasteiger partial charge in [0.25, 0.3) is 0 Å². The van der Waals surface area contributed by atoms with E-state index in [4.69, 9.17) is 0 Å². The fourth-order valence-electron chi connectivity index (χ4n) is 2.43. The first-order valence-corrected chi connectivity index (χ1v) is 9.32. The van der Waals surface area contributed by atoms with Crippen LogP contribution in [0.4, 0.5) is 0 Å². The Labute approximate surface area is 146 Å². The third kappa shape index (κ3) is 6.66. The molecule has 2 N–H and O–H groups in total. The number of thiazole rings is 1. The molecule has 0 spiro atoms. The van der Waals surface area contributed by atoms with Crippen molar-refractivity contribution in [1.29, 1.82) is 0 Å². The molecule has 0 fully saturated rings. The maximum atomic E-state index is 11.7. The Morgan fingerprint density at radius 2 is 1.83 bits per heavy atom. The van der Waals surface area contributed by atoms with Crippen molar-refractivity contribution in [2.75, 3.05) is 13.1 Å². The van der Waals surface area contributed by atoms with Gasteiger partial charge in [-0.3, -0.25) is 9.59 Å². The van der Waals surface area contributed by atoms with Gasteiger partial charge in [-0.25, -0.2) is 4.98 Å². The van der Waals surface area contributed by atoms with Crippen molar-refractivity contribution < 1.29 is 9.59 Å². The Hall–Kier alpha value is -1.95. The molecule has 1 heterocycles. The predicted octanol–water partition coefficient (Wildman–Crippen LogP) is 3.04. The molecule has 1 aromatic heterocycles. The van der Waals surface area contributed by atoms with Gasteiger partial charge in [0.2, 0.25) is 11.8 Å². The van der Waals surface area contributed by atoms with Crippen LogP contribution in [0.3, 0.4) is 0 Å². The first kappa shape index (κ1) is 18.4. The van der Waals surface area contributed by atoms with Crippen molar-refractivity contribution in [3.05, 3.63) is 29.3 Å². The second-order valence-corrected chi connectivity index (χ2v) is 6.94. The van der Waals surface area contributed by atoms with E-state index in [0.717, 1.165) is 42.6 Å². The number of carbonyl (C=O) groups excluding carboxylic acids is 2. The summed E-state index contributed by atoms with van der Waals surface area (Å²) in [6.45, 7) is 2.90. The summed E-state index contributed by atoms with van der Waals surface area (Å²) in [5, 5.41) is 6.85. The summed E-state index contributed by atoms with van der Waals surface area (Å²) >= 11 is 1.73. The number of aryl methyl sites for hydroxylation is 1. The minimum atomic E-state index is 0.000805. The Morgan fingerprint density at radius 3 is 2.62 bits per heavy atom. The van der Waals surface area contributed by atoms with Gasteiger partial charge < -0.3 is 10.6 Å². The highest BCUT2D eigenvalue weighted by atomic mass is 32.1. The Bertz CT molecular complexity index is 636. The van der Waals surface area contributed by atoms with Crippen LogP contribution < -0.4 is 10.6 Å². The summed E-state index contributed by atoms with van der Waals surface area (Å²) in [5.74, 6) is 0.111. The number of hydrogen-bond acceptors (Lipinski definition) is 4. The number of fused-ring (bicyclic) bond motifs is 1. The average Bonchev–Trinajstić information content (AvgIpc) is 2.97. The second kappa shape index (κ2) is 10.0. The first-order valence-electron chi connectivity index (χ1n) is 8.51. The maximum absolute atomic E-state index is 11.7. The predicted molar refractivity (Wildman–Crippen MR) is 98.1 cm³/mol. The van der Waals surface area contributed by atoms with Gasteiger partial charge >= 0.3 is 0 Å². The molecule has 2 amide bonds. The third-order valence-electron chi connectivity index (χ3n) is 3.68. The van der Waals surface area contributed by atoms with Crippen molar-refractivity contribution >= 4 is 33.4 Å². The lowest BCUT2D eigenvalue weighted by Crippen LogP contribution is -2.24. The highest BCUT2D eigenvalue weighted by molar-refractivity contribution is 7.18. The standard InChI is InChI=1S/C18H25N3O2S/c1-14(22)19-12-6-2-3-10-17(23)20-13-7-11-18-21-15-8-4-5-9-16(15)24-18/h4-5,8-9H,2-3,6-7,10-13H2,1H3,(H,19,22)(H,20,23). The van der Waals surface area contributed by atoms with E-state index in [-0.39, 0.29) is 11.8 Å². The minimum absolute atomic E-state index is 0.000805. The number of rotatable bonds is 10. The number of benzene rings is 1. The number of carbonyl (C=O) groups is 2. The molecular formula is C18H25N3O2S. The summed E-state index contributed by atoms with van der Waals surface area (Å²) in [4.78, 5) is 27.0. The van der Waals surface area contributed by atoms with E-state index in [1.165, 1.54) is 11.6 Å². The van der Waals surface area contributed by atoms with Crippen LogP contribution in [-0.4, -0.2) is 29.9 Å². The van der Waals surface area contributed by atoms with Crippen molar-refractivity contribution in [2.24, 2.45) is 0 Å². The highest BCUT2D eigenvalue weighted by Crippen LogP contribution is 2.22. The minimum Gasteiger partial charge on any atom is -0.356 e. The smallest absolute Gasteiger partial charge is 0.219 e. The number of para-hydroxylation sites is 1. The zero-order valence-electron chi connectivity index (χ0n) is 14.1. The topological polar surface area (TPSA) is 71.1 Å². The molecule has 0 aliphatic carbocycles. The van der Waals surface area contributed by atoms with E-state index in [1.807, 2.05) is 18.2 Å². The van der Waals surface area contributed by atoms with Crippen LogP contribution in [0.1, 0.15) is 44.0 Å². The zero-order chi connectivity index (χ0) is 17.2. The lowest BCUT2D eigenvalue weighted by atomic mass is 10.2. The molecule has 24 heavy (non-hydrogen) atoms. The molecule has 0 radical (unpaired) electrons. The number of aromatic nitrogens is 1. The number of amides is 2. The molecule has 0 bridgehead atoms. The molecule has 2 rings (SSSR count).